The molecular formula is C15H9Br2NO. The molecule has 94 valence electrons. The van der Waals surface area contributed by atoms with Gasteiger partial charge in [-0.1, -0.05) is 30.4 Å². The van der Waals surface area contributed by atoms with E-state index in [1.54, 1.807) is 6.07 Å². The standard InChI is InChI=1S/C15H9Br2NO/c16-13-7-10(8-14(17)15(13)19)5-6-11-3-1-2-4-12(11)9-18/h1-8,19H/b6-5+. The van der Waals surface area contributed by atoms with E-state index in [0.717, 1.165) is 11.1 Å². The minimum absolute atomic E-state index is 0.176. The van der Waals surface area contributed by atoms with Crippen LogP contribution in [0.2, 0.25) is 0 Å². The zero-order valence-electron chi connectivity index (χ0n) is 9.77. The van der Waals surface area contributed by atoms with Crippen LogP contribution in [0.5, 0.6) is 5.75 Å². The molecule has 2 aromatic carbocycles. The SMILES string of the molecule is N#Cc1ccccc1/C=C/c1cc(Br)c(O)c(Br)c1. The van der Waals surface area contributed by atoms with Crippen molar-refractivity contribution in [1.29, 1.82) is 5.26 Å². The van der Waals surface area contributed by atoms with Gasteiger partial charge >= 0.3 is 0 Å². The molecule has 0 amide bonds. The molecule has 0 unspecified atom stereocenters. The van der Waals surface area contributed by atoms with Crippen molar-refractivity contribution < 1.29 is 5.11 Å². The lowest BCUT2D eigenvalue weighted by Gasteiger charge is -2.02. The predicted molar refractivity (Wildman–Crippen MR) is 83.6 cm³/mol. The van der Waals surface area contributed by atoms with Crippen molar-refractivity contribution >= 4 is 44.0 Å². The Kier molecular flexibility index (Phi) is 4.41. The number of rotatable bonds is 2. The molecule has 0 atom stereocenters. The zero-order chi connectivity index (χ0) is 13.8. The second-order valence-corrected chi connectivity index (χ2v) is 5.57. The second-order valence-electron chi connectivity index (χ2n) is 3.87. The molecule has 0 saturated carbocycles. The number of nitriles is 1. The van der Waals surface area contributed by atoms with Gasteiger partial charge < -0.3 is 5.11 Å². The maximum atomic E-state index is 9.64. The summed E-state index contributed by atoms with van der Waals surface area (Å²) in [7, 11) is 0. The van der Waals surface area contributed by atoms with Crippen molar-refractivity contribution in [2.24, 2.45) is 0 Å². The molecule has 19 heavy (non-hydrogen) atoms. The van der Waals surface area contributed by atoms with Gasteiger partial charge in [0.1, 0.15) is 5.75 Å². The molecular weight excluding hydrogens is 370 g/mol. The average molecular weight is 379 g/mol. The first-order valence-electron chi connectivity index (χ1n) is 5.47. The van der Waals surface area contributed by atoms with Crippen LogP contribution in [0, 0.1) is 11.3 Å². The zero-order valence-corrected chi connectivity index (χ0v) is 12.9. The number of phenols is 1. The molecule has 2 aromatic rings. The topological polar surface area (TPSA) is 44.0 Å². The molecule has 4 heteroatoms. The lowest BCUT2D eigenvalue weighted by atomic mass is 10.1. The number of hydrogen-bond acceptors (Lipinski definition) is 2. The second kappa shape index (κ2) is 6.05. The largest absolute Gasteiger partial charge is 0.506 e. The minimum atomic E-state index is 0.176. The van der Waals surface area contributed by atoms with Gasteiger partial charge in [0.25, 0.3) is 0 Å². The lowest BCUT2D eigenvalue weighted by molar-refractivity contribution is 0.468. The highest BCUT2D eigenvalue weighted by Crippen LogP contribution is 2.33. The van der Waals surface area contributed by atoms with Crippen molar-refractivity contribution in [3.8, 4) is 11.8 Å². The van der Waals surface area contributed by atoms with Gasteiger partial charge in [-0.15, -0.1) is 0 Å². The molecule has 0 radical (unpaired) electrons. The third-order valence-electron chi connectivity index (χ3n) is 2.58. The molecule has 0 saturated heterocycles. The van der Waals surface area contributed by atoms with E-state index in [-0.39, 0.29) is 5.75 Å². The monoisotopic (exact) mass is 377 g/mol. The first-order valence-corrected chi connectivity index (χ1v) is 7.05. The van der Waals surface area contributed by atoms with Crippen LogP contribution in [0.4, 0.5) is 0 Å². The summed E-state index contributed by atoms with van der Waals surface area (Å²) in [4.78, 5) is 0. The minimum Gasteiger partial charge on any atom is -0.506 e. The number of halogens is 2. The fourth-order valence-electron chi connectivity index (χ4n) is 1.61. The Hall–Kier alpha value is -1.57. The fourth-order valence-corrected chi connectivity index (χ4v) is 2.83. The highest BCUT2D eigenvalue weighted by molar-refractivity contribution is 9.11. The van der Waals surface area contributed by atoms with Crippen LogP contribution in [-0.2, 0) is 0 Å². The molecule has 0 spiro atoms. The van der Waals surface area contributed by atoms with Gasteiger partial charge in [-0.2, -0.15) is 5.26 Å². The summed E-state index contributed by atoms with van der Waals surface area (Å²) in [6.45, 7) is 0. The predicted octanol–water partition coefficient (Wildman–Crippen LogP) is 4.96. The Morgan fingerprint density at radius 3 is 2.32 bits per heavy atom. The van der Waals surface area contributed by atoms with Crippen LogP contribution in [0.15, 0.2) is 45.3 Å². The van der Waals surface area contributed by atoms with Crippen LogP contribution in [0.3, 0.4) is 0 Å². The van der Waals surface area contributed by atoms with Crippen LogP contribution in [0.1, 0.15) is 16.7 Å². The van der Waals surface area contributed by atoms with Crippen molar-refractivity contribution in [2.75, 3.05) is 0 Å². The summed E-state index contributed by atoms with van der Waals surface area (Å²) in [6.07, 6.45) is 3.77. The van der Waals surface area contributed by atoms with E-state index in [9.17, 15) is 5.11 Å². The molecule has 2 rings (SSSR count). The molecule has 0 aliphatic heterocycles. The normalized spacial score (nSPS) is 10.6. The Bertz CT molecular complexity index is 664. The number of phenolic OH excluding ortho intramolecular Hbond substituents is 1. The quantitative estimate of drug-likeness (QED) is 0.750. The molecule has 1 N–H and O–H groups in total. The summed E-state index contributed by atoms with van der Waals surface area (Å²) in [5.74, 6) is 0.176. The van der Waals surface area contributed by atoms with E-state index >= 15 is 0 Å². The summed E-state index contributed by atoms with van der Waals surface area (Å²) in [5, 5.41) is 18.6. The Labute approximate surface area is 128 Å². The fraction of sp³-hybridized carbons (Fsp3) is 0. The third-order valence-corrected chi connectivity index (χ3v) is 3.78. The smallest absolute Gasteiger partial charge is 0.143 e. The lowest BCUT2D eigenvalue weighted by Crippen LogP contribution is -1.81. The summed E-state index contributed by atoms with van der Waals surface area (Å²) in [5.41, 5.74) is 2.42. The van der Waals surface area contributed by atoms with Crippen molar-refractivity contribution in [3.63, 3.8) is 0 Å². The van der Waals surface area contributed by atoms with Crippen LogP contribution in [-0.4, -0.2) is 5.11 Å². The molecule has 2 nitrogen and oxygen atoms in total. The molecule has 0 fully saturated rings. The highest BCUT2D eigenvalue weighted by Gasteiger charge is 2.04. The molecule has 0 aromatic heterocycles. The number of nitrogens with zero attached hydrogens (tertiary/aromatic N) is 1. The number of hydrogen-bond donors (Lipinski definition) is 1. The average Bonchev–Trinajstić information content (AvgIpc) is 2.42. The van der Waals surface area contributed by atoms with E-state index in [4.69, 9.17) is 5.26 Å². The van der Waals surface area contributed by atoms with Gasteiger partial charge in [-0.25, -0.2) is 0 Å². The van der Waals surface area contributed by atoms with Crippen molar-refractivity contribution in [2.45, 2.75) is 0 Å². The van der Waals surface area contributed by atoms with Crippen LogP contribution < -0.4 is 0 Å². The van der Waals surface area contributed by atoms with Crippen molar-refractivity contribution in [3.05, 3.63) is 62.0 Å². The van der Waals surface area contributed by atoms with Gasteiger partial charge in [0.2, 0.25) is 0 Å². The summed E-state index contributed by atoms with van der Waals surface area (Å²) >= 11 is 6.57. The molecule has 0 bridgehead atoms. The van der Waals surface area contributed by atoms with E-state index < -0.39 is 0 Å². The van der Waals surface area contributed by atoms with E-state index in [1.165, 1.54) is 0 Å². The van der Waals surface area contributed by atoms with Gasteiger partial charge in [-0.3, -0.25) is 0 Å². The number of aromatic hydroxyl groups is 1. The Morgan fingerprint density at radius 1 is 1.05 bits per heavy atom. The maximum Gasteiger partial charge on any atom is 0.143 e. The molecule has 0 heterocycles. The Morgan fingerprint density at radius 2 is 1.68 bits per heavy atom. The highest BCUT2D eigenvalue weighted by atomic mass is 79.9. The molecule has 0 aliphatic rings. The van der Waals surface area contributed by atoms with E-state index in [0.29, 0.717) is 14.5 Å². The number of benzene rings is 2. The van der Waals surface area contributed by atoms with Gasteiger partial charge in [0, 0.05) is 0 Å². The van der Waals surface area contributed by atoms with E-state index in [1.807, 2.05) is 42.5 Å². The third kappa shape index (κ3) is 3.25. The van der Waals surface area contributed by atoms with Gasteiger partial charge in [0.05, 0.1) is 20.6 Å². The first-order chi connectivity index (χ1) is 9.11. The summed E-state index contributed by atoms with van der Waals surface area (Å²) < 4.78 is 1.24. The molecule has 0 aliphatic carbocycles. The summed E-state index contributed by atoms with van der Waals surface area (Å²) in [6, 6.07) is 13.2. The van der Waals surface area contributed by atoms with Crippen LogP contribution in [0.25, 0.3) is 12.2 Å². The van der Waals surface area contributed by atoms with Gasteiger partial charge in [0.15, 0.2) is 0 Å². The van der Waals surface area contributed by atoms with Gasteiger partial charge in [-0.05, 0) is 61.2 Å². The van der Waals surface area contributed by atoms with Crippen LogP contribution >= 0.6 is 31.9 Å². The first kappa shape index (κ1) is 13.9. The maximum absolute atomic E-state index is 9.64. The Balaban J connectivity index is 2.36. The van der Waals surface area contributed by atoms with E-state index in [2.05, 4.69) is 37.9 Å². The van der Waals surface area contributed by atoms with Crippen molar-refractivity contribution in [1.82, 2.24) is 0 Å².